The SMILES string of the molecule is C=C/C=C(/P)c1c(C)nn(C)c1C. The third-order valence-electron chi connectivity index (χ3n) is 2.10. The first-order valence-electron chi connectivity index (χ1n) is 4.16. The van der Waals surface area contributed by atoms with Crippen LogP contribution in [0.5, 0.6) is 0 Å². The normalized spacial score (nSPS) is 11.8. The van der Waals surface area contributed by atoms with Crippen LogP contribution in [-0.4, -0.2) is 9.78 Å². The van der Waals surface area contributed by atoms with Gasteiger partial charge in [-0.2, -0.15) is 5.10 Å². The molecule has 1 unspecified atom stereocenters. The predicted octanol–water partition coefficient (Wildman–Crippen LogP) is 2.44. The van der Waals surface area contributed by atoms with Crippen molar-refractivity contribution in [2.24, 2.45) is 7.05 Å². The van der Waals surface area contributed by atoms with Gasteiger partial charge in [-0.15, -0.1) is 9.24 Å². The highest BCUT2D eigenvalue weighted by atomic mass is 31.0. The summed E-state index contributed by atoms with van der Waals surface area (Å²) in [5, 5.41) is 5.48. The van der Waals surface area contributed by atoms with Crippen molar-refractivity contribution < 1.29 is 0 Å². The zero-order chi connectivity index (χ0) is 10.0. The van der Waals surface area contributed by atoms with Crippen molar-refractivity contribution in [3.63, 3.8) is 0 Å². The standard InChI is InChI=1S/C10H15N2P/c1-5-6-9(13)10-7(2)11-12(4)8(10)3/h5-6H,1,13H2,2-4H3/b9-6+. The molecule has 0 bridgehead atoms. The fourth-order valence-corrected chi connectivity index (χ4v) is 1.96. The van der Waals surface area contributed by atoms with Gasteiger partial charge in [-0.1, -0.05) is 18.7 Å². The average Bonchev–Trinajstić information content (AvgIpc) is 2.27. The fraction of sp³-hybridized carbons (Fsp3) is 0.300. The number of aromatic nitrogens is 2. The van der Waals surface area contributed by atoms with E-state index in [1.165, 1.54) is 11.3 Å². The van der Waals surface area contributed by atoms with E-state index in [1.807, 2.05) is 24.7 Å². The minimum Gasteiger partial charge on any atom is -0.272 e. The Labute approximate surface area is 81.5 Å². The predicted molar refractivity (Wildman–Crippen MR) is 60.6 cm³/mol. The molecule has 0 saturated carbocycles. The van der Waals surface area contributed by atoms with Crippen LogP contribution in [0, 0.1) is 13.8 Å². The summed E-state index contributed by atoms with van der Waals surface area (Å²) in [7, 11) is 4.67. The number of aryl methyl sites for hydroxylation is 2. The Kier molecular flexibility index (Phi) is 3.05. The van der Waals surface area contributed by atoms with Gasteiger partial charge in [-0.05, 0) is 19.2 Å². The van der Waals surface area contributed by atoms with Gasteiger partial charge in [0.15, 0.2) is 0 Å². The largest absolute Gasteiger partial charge is 0.272 e. The molecule has 0 aliphatic rings. The molecule has 0 aromatic carbocycles. The zero-order valence-electron chi connectivity index (χ0n) is 8.33. The molecular weight excluding hydrogens is 179 g/mol. The number of rotatable bonds is 2. The molecule has 0 fully saturated rings. The van der Waals surface area contributed by atoms with E-state index in [1.54, 1.807) is 6.08 Å². The molecule has 0 spiro atoms. The highest BCUT2D eigenvalue weighted by molar-refractivity contribution is 7.31. The molecule has 70 valence electrons. The molecule has 0 amide bonds. The van der Waals surface area contributed by atoms with Crippen molar-refractivity contribution in [1.29, 1.82) is 0 Å². The number of allylic oxidation sites excluding steroid dienone is 2. The first kappa shape index (κ1) is 10.2. The quantitative estimate of drug-likeness (QED) is 0.522. The second-order valence-electron chi connectivity index (χ2n) is 3.03. The van der Waals surface area contributed by atoms with Crippen molar-refractivity contribution in [3.8, 4) is 0 Å². The molecule has 0 N–H and O–H groups in total. The molecule has 1 atom stereocenters. The summed E-state index contributed by atoms with van der Waals surface area (Å²) >= 11 is 0. The maximum absolute atomic E-state index is 4.34. The van der Waals surface area contributed by atoms with Crippen LogP contribution >= 0.6 is 9.24 Å². The molecule has 13 heavy (non-hydrogen) atoms. The summed E-state index contributed by atoms with van der Waals surface area (Å²) in [6.45, 7) is 7.76. The first-order valence-corrected chi connectivity index (χ1v) is 4.74. The van der Waals surface area contributed by atoms with Crippen molar-refractivity contribution in [2.45, 2.75) is 13.8 Å². The Morgan fingerprint density at radius 3 is 2.54 bits per heavy atom. The Hall–Kier alpha value is -0.880. The lowest BCUT2D eigenvalue weighted by Gasteiger charge is -2.00. The Bertz CT molecular complexity index is 361. The first-order chi connectivity index (χ1) is 6.07. The van der Waals surface area contributed by atoms with Crippen molar-refractivity contribution in [2.75, 3.05) is 0 Å². The van der Waals surface area contributed by atoms with Crippen LogP contribution in [0.1, 0.15) is 17.0 Å². The van der Waals surface area contributed by atoms with E-state index >= 15 is 0 Å². The summed E-state index contributed by atoms with van der Waals surface area (Å²) < 4.78 is 1.89. The van der Waals surface area contributed by atoms with Crippen LogP contribution in [-0.2, 0) is 7.05 Å². The summed E-state index contributed by atoms with van der Waals surface area (Å²) in [6.07, 6.45) is 3.76. The van der Waals surface area contributed by atoms with Crippen molar-refractivity contribution >= 4 is 14.6 Å². The molecule has 0 saturated heterocycles. The van der Waals surface area contributed by atoms with Gasteiger partial charge in [0.05, 0.1) is 5.69 Å². The molecule has 0 radical (unpaired) electrons. The lowest BCUT2D eigenvalue weighted by molar-refractivity contribution is 0.731. The van der Waals surface area contributed by atoms with E-state index in [0.29, 0.717) is 0 Å². The Balaban J connectivity index is 3.28. The second kappa shape index (κ2) is 3.89. The Morgan fingerprint density at radius 2 is 2.15 bits per heavy atom. The van der Waals surface area contributed by atoms with Crippen LogP contribution in [0.25, 0.3) is 5.31 Å². The van der Waals surface area contributed by atoms with Gasteiger partial charge in [0.1, 0.15) is 0 Å². The maximum Gasteiger partial charge on any atom is 0.0675 e. The minimum absolute atomic E-state index is 1.06. The van der Waals surface area contributed by atoms with Crippen LogP contribution in [0.15, 0.2) is 18.7 Å². The molecule has 3 heteroatoms. The van der Waals surface area contributed by atoms with Gasteiger partial charge < -0.3 is 0 Å². The molecule has 1 rings (SSSR count). The molecular formula is C10H15N2P. The van der Waals surface area contributed by atoms with Gasteiger partial charge in [-0.3, -0.25) is 4.68 Å². The van der Waals surface area contributed by atoms with Gasteiger partial charge in [-0.25, -0.2) is 0 Å². The van der Waals surface area contributed by atoms with E-state index in [-0.39, 0.29) is 0 Å². The van der Waals surface area contributed by atoms with Crippen molar-refractivity contribution in [1.82, 2.24) is 9.78 Å². The van der Waals surface area contributed by atoms with Gasteiger partial charge in [0.2, 0.25) is 0 Å². The monoisotopic (exact) mass is 194 g/mol. The summed E-state index contributed by atoms with van der Waals surface area (Å²) in [6, 6.07) is 0. The molecule has 1 aromatic rings. The van der Waals surface area contributed by atoms with E-state index < -0.39 is 0 Å². The van der Waals surface area contributed by atoms with Crippen LogP contribution in [0.4, 0.5) is 0 Å². The van der Waals surface area contributed by atoms with Gasteiger partial charge >= 0.3 is 0 Å². The lowest BCUT2D eigenvalue weighted by Crippen LogP contribution is -1.92. The van der Waals surface area contributed by atoms with Gasteiger partial charge in [0.25, 0.3) is 0 Å². The zero-order valence-corrected chi connectivity index (χ0v) is 9.49. The van der Waals surface area contributed by atoms with E-state index in [2.05, 4.69) is 27.8 Å². The smallest absolute Gasteiger partial charge is 0.0675 e. The van der Waals surface area contributed by atoms with E-state index in [4.69, 9.17) is 0 Å². The fourth-order valence-electron chi connectivity index (χ4n) is 1.40. The summed E-state index contributed by atoms with van der Waals surface area (Å²) in [4.78, 5) is 0. The van der Waals surface area contributed by atoms with Crippen LogP contribution < -0.4 is 0 Å². The molecule has 1 heterocycles. The Morgan fingerprint density at radius 1 is 1.54 bits per heavy atom. The molecule has 2 nitrogen and oxygen atoms in total. The number of hydrogen-bond acceptors (Lipinski definition) is 1. The second-order valence-corrected chi connectivity index (χ2v) is 3.65. The topological polar surface area (TPSA) is 17.8 Å². The molecule has 0 aliphatic carbocycles. The molecule has 1 aromatic heterocycles. The number of nitrogens with zero attached hydrogens (tertiary/aromatic N) is 2. The average molecular weight is 194 g/mol. The van der Waals surface area contributed by atoms with Crippen molar-refractivity contribution in [3.05, 3.63) is 35.7 Å². The van der Waals surface area contributed by atoms with Crippen LogP contribution in [0.3, 0.4) is 0 Å². The summed E-state index contributed by atoms with van der Waals surface area (Å²) in [5.41, 5.74) is 3.44. The number of hydrogen-bond donors (Lipinski definition) is 0. The van der Waals surface area contributed by atoms with E-state index in [0.717, 1.165) is 11.0 Å². The molecule has 0 aliphatic heterocycles. The highest BCUT2D eigenvalue weighted by Gasteiger charge is 2.09. The third kappa shape index (κ3) is 1.89. The maximum atomic E-state index is 4.34. The van der Waals surface area contributed by atoms with Gasteiger partial charge in [0, 0.05) is 18.3 Å². The van der Waals surface area contributed by atoms with Crippen LogP contribution in [0.2, 0.25) is 0 Å². The minimum atomic E-state index is 1.06. The van der Waals surface area contributed by atoms with E-state index in [9.17, 15) is 0 Å². The third-order valence-corrected chi connectivity index (χ3v) is 2.58. The lowest BCUT2D eigenvalue weighted by atomic mass is 10.2. The highest BCUT2D eigenvalue weighted by Crippen LogP contribution is 2.27. The summed E-state index contributed by atoms with van der Waals surface area (Å²) in [5.74, 6) is 0.